The maximum atomic E-state index is 13.7. The number of halogens is 1. The monoisotopic (exact) mass is 321 g/mol. The van der Waals surface area contributed by atoms with Crippen LogP contribution in [0.3, 0.4) is 0 Å². The van der Waals surface area contributed by atoms with Crippen LogP contribution in [-0.4, -0.2) is 42.4 Å². The summed E-state index contributed by atoms with van der Waals surface area (Å²) in [4.78, 5) is 26.2. The average molecular weight is 321 g/mol. The van der Waals surface area contributed by atoms with E-state index in [2.05, 4.69) is 22.5 Å². The summed E-state index contributed by atoms with van der Waals surface area (Å²) in [5, 5.41) is 5.05. The number of carbonyl (C=O) groups excluding carboxylic acids is 2. The smallest absolute Gasteiger partial charge is 0.313 e. The fourth-order valence-corrected chi connectivity index (χ4v) is 2.77. The molecule has 126 valence electrons. The highest BCUT2D eigenvalue weighted by Crippen LogP contribution is 2.15. The van der Waals surface area contributed by atoms with Gasteiger partial charge in [0.15, 0.2) is 0 Å². The summed E-state index contributed by atoms with van der Waals surface area (Å²) in [5.74, 6) is -2.08. The summed E-state index contributed by atoms with van der Waals surface area (Å²) in [6.07, 6.45) is 2.78. The number of aryl methyl sites for hydroxylation is 1. The molecule has 5 nitrogen and oxygen atoms in total. The summed E-state index contributed by atoms with van der Waals surface area (Å²) in [7, 11) is 0. The number of hydrogen-bond acceptors (Lipinski definition) is 3. The summed E-state index contributed by atoms with van der Waals surface area (Å²) in [6, 6.07) is 4.46. The molecule has 0 aromatic heterocycles. The van der Waals surface area contributed by atoms with E-state index in [0.717, 1.165) is 44.5 Å². The third kappa shape index (κ3) is 5.03. The molecule has 1 aromatic carbocycles. The van der Waals surface area contributed by atoms with Crippen LogP contribution in [-0.2, 0) is 9.59 Å². The van der Waals surface area contributed by atoms with E-state index in [1.165, 1.54) is 12.1 Å². The van der Waals surface area contributed by atoms with Gasteiger partial charge >= 0.3 is 11.8 Å². The molecule has 0 radical (unpaired) electrons. The number of amides is 2. The van der Waals surface area contributed by atoms with Crippen LogP contribution in [0.15, 0.2) is 18.2 Å². The first kappa shape index (κ1) is 17.4. The van der Waals surface area contributed by atoms with E-state index in [4.69, 9.17) is 0 Å². The van der Waals surface area contributed by atoms with Crippen LogP contribution < -0.4 is 10.6 Å². The van der Waals surface area contributed by atoms with Crippen LogP contribution >= 0.6 is 0 Å². The van der Waals surface area contributed by atoms with Crippen LogP contribution in [0.2, 0.25) is 0 Å². The van der Waals surface area contributed by atoms with Gasteiger partial charge in [0, 0.05) is 19.1 Å². The predicted octanol–water partition coefficient (Wildman–Crippen LogP) is 2.06. The second-order valence-electron chi connectivity index (χ2n) is 6.03. The molecule has 0 spiro atoms. The molecule has 6 heteroatoms. The van der Waals surface area contributed by atoms with E-state index in [1.807, 2.05) is 0 Å². The molecule has 0 unspecified atom stereocenters. The van der Waals surface area contributed by atoms with Gasteiger partial charge in [0.1, 0.15) is 5.82 Å². The fourth-order valence-electron chi connectivity index (χ4n) is 2.77. The van der Waals surface area contributed by atoms with Crippen LogP contribution in [0.25, 0.3) is 0 Å². The van der Waals surface area contributed by atoms with Gasteiger partial charge in [-0.15, -0.1) is 0 Å². The molecule has 1 aliphatic rings. The van der Waals surface area contributed by atoms with E-state index < -0.39 is 17.6 Å². The topological polar surface area (TPSA) is 61.4 Å². The van der Waals surface area contributed by atoms with Gasteiger partial charge in [0.05, 0.1) is 5.69 Å². The zero-order valence-electron chi connectivity index (χ0n) is 13.7. The van der Waals surface area contributed by atoms with E-state index in [0.29, 0.717) is 0 Å². The largest absolute Gasteiger partial charge is 0.345 e. The van der Waals surface area contributed by atoms with E-state index in [-0.39, 0.29) is 11.7 Å². The minimum absolute atomic E-state index is 0.00391. The Morgan fingerprint density at radius 2 is 1.96 bits per heavy atom. The number of piperidine rings is 1. The van der Waals surface area contributed by atoms with Gasteiger partial charge in [-0.1, -0.05) is 13.0 Å². The number of nitrogens with zero attached hydrogens (tertiary/aromatic N) is 1. The van der Waals surface area contributed by atoms with Crippen molar-refractivity contribution in [3.8, 4) is 0 Å². The van der Waals surface area contributed by atoms with Crippen molar-refractivity contribution in [2.75, 3.05) is 25.0 Å². The van der Waals surface area contributed by atoms with Crippen LogP contribution in [0.4, 0.5) is 10.1 Å². The lowest BCUT2D eigenvalue weighted by Gasteiger charge is -2.31. The second-order valence-corrected chi connectivity index (χ2v) is 6.03. The van der Waals surface area contributed by atoms with Gasteiger partial charge in [0.2, 0.25) is 0 Å². The Labute approximate surface area is 136 Å². The molecule has 0 aliphatic carbocycles. The number of benzene rings is 1. The highest BCUT2D eigenvalue weighted by Gasteiger charge is 2.23. The Hall–Kier alpha value is -1.95. The normalized spacial score (nSPS) is 16.1. The minimum atomic E-state index is -0.830. The van der Waals surface area contributed by atoms with Gasteiger partial charge < -0.3 is 15.5 Å². The van der Waals surface area contributed by atoms with Crippen molar-refractivity contribution in [1.29, 1.82) is 0 Å². The highest BCUT2D eigenvalue weighted by atomic mass is 19.1. The first-order valence-corrected chi connectivity index (χ1v) is 8.10. The number of anilines is 1. The lowest BCUT2D eigenvalue weighted by molar-refractivity contribution is -0.136. The van der Waals surface area contributed by atoms with Crippen LogP contribution in [0, 0.1) is 12.7 Å². The maximum Gasteiger partial charge on any atom is 0.313 e. The molecule has 1 fully saturated rings. The molecule has 2 amide bonds. The zero-order chi connectivity index (χ0) is 16.8. The summed E-state index contributed by atoms with van der Waals surface area (Å²) >= 11 is 0. The molecule has 0 saturated carbocycles. The average Bonchev–Trinajstić information content (AvgIpc) is 2.52. The molecular weight excluding hydrogens is 297 g/mol. The maximum absolute atomic E-state index is 13.7. The number of rotatable bonds is 4. The van der Waals surface area contributed by atoms with E-state index in [1.54, 1.807) is 13.0 Å². The predicted molar refractivity (Wildman–Crippen MR) is 87.7 cm³/mol. The summed E-state index contributed by atoms with van der Waals surface area (Å²) < 4.78 is 13.7. The molecule has 23 heavy (non-hydrogen) atoms. The summed E-state index contributed by atoms with van der Waals surface area (Å²) in [5.41, 5.74) is 0.775. The number of nitrogens with one attached hydrogen (secondary N) is 2. The molecule has 1 saturated heterocycles. The Bertz CT molecular complexity index is 569. The molecule has 1 heterocycles. The first-order valence-electron chi connectivity index (χ1n) is 8.10. The van der Waals surface area contributed by atoms with Crippen LogP contribution in [0.5, 0.6) is 0 Å². The first-order chi connectivity index (χ1) is 11.0. The fraction of sp³-hybridized carbons (Fsp3) is 0.529. The molecule has 0 bridgehead atoms. The number of hydrogen-bond donors (Lipinski definition) is 2. The Balaban J connectivity index is 1.82. The number of carbonyl (C=O) groups is 2. The quantitative estimate of drug-likeness (QED) is 0.835. The highest BCUT2D eigenvalue weighted by molar-refractivity contribution is 6.39. The lowest BCUT2D eigenvalue weighted by Crippen LogP contribution is -2.47. The Kier molecular flexibility index (Phi) is 6.10. The molecule has 2 N–H and O–H groups in total. The SMILES string of the molecule is CCCN1CCC(NC(=O)C(=O)Nc2ccc(C)cc2F)CC1. The summed E-state index contributed by atoms with van der Waals surface area (Å²) in [6.45, 7) is 6.81. The van der Waals surface area contributed by atoms with Crippen molar-refractivity contribution in [3.05, 3.63) is 29.6 Å². The minimum Gasteiger partial charge on any atom is -0.345 e. The van der Waals surface area contributed by atoms with Crippen LogP contribution in [0.1, 0.15) is 31.7 Å². The molecular formula is C17H24FN3O2. The van der Waals surface area contributed by atoms with Crippen molar-refractivity contribution in [3.63, 3.8) is 0 Å². The number of likely N-dealkylation sites (tertiary alicyclic amines) is 1. The van der Waals surface area contributed by atoms with E-state index in [9.17, 15) is 14.0 Å². The van der Waals surface area contributed by atoms with Gasteiger partial charge in [0.25, 0.3) is 0 Å². The standard InChI is InChI=1S/C17H24FN3O2/c1-3-8-21-9-6-13(7-10-21)19-16(22)17(23)20-15-5-4-12(2)11-14(15)18/h4-5,11,13H,3,6-10H2,1-2H3,(H,19,22)(H,20,23). The Morgan fingerprint density at radius 1 is 1.26 bits per heavy atom. The Morgan fingerprint density at radius 3 is 2.57 bits per heavy atom. The van der Waals surface area contributed by atoms with Crippen molar-refractivity contribution in [2.45, 2.75) is 39.2 Å². The van der Waals surface area contributed by atoms with Crippen molar-refractivity contribution in [2.24, 2.45) is 0 Å². The van der Waals surface area contributed by atoms with Crippen molar-refractivity contribution in [1.82, 2.24) is 10.2 Å². The molecule has 1 aromatic rings. The van der Waals surface area contributed by atoms with Gasteiger partial charge in [-0.25, -0.2) is 4.39 Å². The van der Waals surface area contributed by atoms with Gasteiger partial charge in [-0.05, 0) is 50.4 Å². The molecule has 0 atom stereocenters. The molecule has 1 aliphatic heterocycles. The van der Waals surface area contributed by atoms with Crippen molar-refractivity contribution < 1.29 is 14.0 Å². The van der Waals surface area contributed by atoms with E-state index >= 15 is 0 Å². The lowest BCUT2D eigenvalue weighted by atomic mass is 10.0. The van der Waals surface area contributed by atoms with Gasteiger partial charge in [-0.3, -0.25) is 9.59 Å². The van der Waals surface area contributed by atoms with Gasteiger partial charge in [-0.2, -0.15) is 0 Å². The second kappa shape index (κ2) is 8.06. The van der Waals surface area contributed by atoms with Crippen molar-refractivity contribution >= 4 is 17.5 Å². The third-order valence-electron chi connectivity index (χ3n) is 4.04. The molecule has 2 rings (SSSR count). The zero-order valence-corrected chi connectivity index (χ0v) is 13.7. The third-order valence-corrected chi connectivity index (χ3v) is 4.04.